The zero-order valence-electron chi connectivity index (χ0n) is 11.9. The number of nitrogens with zero attached hydrogens (tertiary/aromatic N) is 1. The van der Waals surface area contributed by atoms with Crippen LogP contribution in [-0.2, 0) is 0 Å². The fourth-order valence-electron chi connectivity index (χ4n) is 2.42. The summed E-state index contributed by atoms with van der Waals surface area (Å²) in [6.45, 7) is 5.63. The molecule has 1 fully saturated rings. The molecule has 0 radical (unpaired) electrons. The fraction of sp³-hybridized carbons (Fsp3) is 0.533. The van der Waals surface area contributed by atoms with E-state index in [-0.39, 0.29) is 18.1 Å². The van der Waals surface area contributed by atoms with Gasteiger partial charge in [0.15, 0.2) is 0 Å². The molecule has 0 atom stereocenters. The minimum absolute atomic E-state index is 0.0385. The van der Waals surface area contributed by atoms with E-state index in [0.717, 1.165) is 28.6 Å². The van der Waals surface area contributed by atoms with Crippen LogP contribution in [0.3, 0.4) is 0 Å². The van der Waals surface area contributed by atoms with Crippen LogP contribution in [0, 0.1) is 12.3 Å². The number of hydrogen-bond acceptors (Lipinski definition) is 2. The standard InChI is InChI=1S/C15H21BrN2O2/c1-11-7-12(16)9-13(8-11)17-14(20)18-5-3-15(2,10-19)4-6-18/h7-9,19H,3-6,10H2,1-2H3,(H,17,20). The Hall–Kier alpha value is -1.07. The second kappa shape index (κ2) is 6.14. The van der Waals surface area contributed by atoms with Gasteiger partial charge in [-0.3, -0.25) is 0 Å². The van der Waals surface area contributed by atoms with Crippen LogP contribution >= 0.6 is 15.9 Å². The minimum atomic E-state index is -0.0671. The number of aliphatic hydroxyl groups excluding tert-OH is 1. The zero-order chi connectivity index (χ0) is 14.8. The highest BCUT2D eigenvalue weighted by atomic mass is 79.9. The monoisotopic (exact) mass is 340 g/mol. The summed E-state index contributed by atoms with van der Waals surface area (Å²) in [5.41, 5.74) is 1.86. The Balaban J connectivity index is 1.96. The molecule has 0 aromatic heterocycles. The molecule has 2 N–H and O–H groups in total. The number of aryl methyl sites for hydroxylation is 1. The molecule has 1 saturated heterocycles. The first kappa shape index (κ1) is 15.3. The highest BCUT2D eigenvalue weighted by Gasteiger charge is 2.31. The summed E-state index contributed by atoms with van der Waals surface area (Å²) in [7, 11) is 0. The van der Waals surface area contributed by atoms with Crippen LogP contribution in [0.1, 0.15) is 25.3 Å². The summed E-state index contributed by atoms with van der Waals surface area (Å²) >= 11 is 3.43. The lowest BCUT2D eigenvalue weighted by Crippen LogP contribution is -2.45. The third-order valence-corrected chi connectivity index (χ3v) is 4.39. The van der Waals surface area contributed by atoms with Crippen molar-refractivity contribution in [2.24, 2.45) is 5.41 Å². The van der Waals surface area contributed by atoms with Gasteiger partial charge in [0.05, 0.1) is 0 Å². The minimum Gasteiger partial charge on any atom is -0.396 e. The van der Waals surface area contributed by atoms with Crippen LogP contribution in [0.15, 0.2) is 22.7 Å². The molecule has 2 rings (SSSR count). The van der Waals surface area contributed by atoms with Crippen LogP contribution < -0.4 is 5.32 Å². The molecule has 1 aliphatic rings. The molecule has 5 heteroatoms. The Labute approximate surface area is 128 Å². The molecular weight excluding hydrogens is 320 g/mol. The van der Waals surface area contributed by atoms with Gasteiger partial charge in [0, 0.05) is 29.9 Å². The van der Waals surface area contributed by atoms with Crippen LogP contribution in [-0.4, -0.2) is 35.7 Å². The van der Waals surface area contributed by atoms with Gasteiger partial charge in [-0.2, -0.15) is 0 Å². The Morgan fingerprint density at radius 2 is 2.05 bits per heavy atom. The maximum absolute atomic E-state index is 12.2. The predicted octanol–water partition coefficient (Wildman–Crippen LogP) is 3.38. The van der Waals surface area contributed by atoms with Gasteiger partial charge in [0.2, 0.25) is 0 Å². The third kappa shape index (κ3) is 3.73. The van der Waals surface area contributed by atoms with Gasteiger partial charge >= 0.3 is 6.03 Å². The number of piperidine rings is 1. The zero-order valence-corrected chi connectivity index (χ0v) is 13.5. The molecule has 0 aliphatic carbocycles. The largest absolute Gasteiger partial charge is 0.396 e. The number of amides is 2. The lowest BCUT2D eigenvalue weighted by molar-refractivity contribution is 0.0728. The average molecular weight is 341 g/mol. The number of likely N-dealkylation sites (tertiary alicyclic amines) is 1. The van der Waals surface area contributed by atoms with Crippen LogP contribution in [0.2, 0.25) is 0 Å². The maximum atomic E-state index is 12.2. The third-order valence-electron chi connectivity index (χ3n) is 3.93. The molecule has 1 aromatic carbocycles. The summed E-state index contributed by atoms with van der Waals surface area (Å²) in [6.07, 6.45) is 1.68. The lowest BCUT2D eigenvalue weighted by Gasteiger charge is -2.38. The summed E-state index contributed by atoms with van der Waals surface area (Å²) in [4.78, 5) is 14.0. The van der Waals surface area contributed by atoms with Crippen molar-refractivity contribution < 1.29 is 9.90 Å². The number of rotatable bonds is 2. The second-order valence-electron chi connectivity index (χ2n) is 5.90. The van der Waals surface area contributed by atoms with Crippen molar-refractivity contribution in [3.63, 3.8) is 0 Å². The Kier molecular flexibility index (Phi) is 4.70. The number of halogens is 1. The van der Waals surface area contributed by atoms with E-state index >= 15 is 0 Å². The number of carbonyl (C=O) groups is 1. The van der Waals surface area contributed by atoms with E-state index in [1.54, 1.807) is 0 Å². The summed E-state index contributed by atoms with van der Waals surface area (Å²) in [5, 5.41) is 12.3. The summed E-state index contributed by atoms with van der Waals surface area (Å²) in [5.74, 6) is 0. The Morgan fingerprint density at radius 1 is 1.40 bits per heavy atom. The van der Waals surface area contributed by atoms with Gasteiger partial charge in [-0.05, 0) is 48.9 Å². The van der Waals surface area contributed by atoms with E-state index in [4.69, 9.17) is 0 Å². The molecule has 0 bridgehead atoms. The van der Waals surface area contributed by atoms with E-state index in [0.29, 0.717) is 13.1 Å². The van der Waals surface area contributed by atoms with Crippen molar-refractivity contribution in [1.82, 2.24) is 4.90 Å². The first-order chi connectivity index (χ1) is 9.42. The molecule has 1 heterocycles. The number of aliphatic hydroxyl groups is 1. The highest BCUT2D eigenvalue weighted by Crippen LogP contribution is 2.30. The number of benzene rings is 1. The smallest absolute Gasteiger partial charge is 0.321 e. The first-order valence-electron chi connectivity index (χ1n) is 6.86. The van der Waals surface area contributed by atoms with Gasteiger partial charge in [-0.1, -0.05) is 22.9 Å². The van der Waals surface area contributed by atoms with Crippen molar-refractivity contribution in [1.29, 1.82) is 0 Å². The molecule has 0 unspecified atom stereocenters. The molecule has 0 spiro atoms. The predicted molar refractivity (Wildman–Crippen MR) is 83.9 cm³/mol. The topological polar surface area (TPSA) is 52.6 Å². The molecule has 4 nitrogen and oxygen atoms in total. The lowest BCUT2D eigenvalue weighted by atomic mass is 9.81. The Bertz CT molecular complexity index is 476. The average Bonchev–Trinajstić information content (AvgIpc) is 2.38. The van der Waals surface area contributed by atoms with Crippen molar-refractivity contribution in [2.45, 2.75) is 26.7 Å². The van der Waals surface area contributed by atoms with E-state index in [1.165, 1.54) is 0 Å². The molecule has 1 aliphatic heterocycles. The molecular formula is C15H21BrN2O2. The van der Waals surface area contributed by atoms with Gasteiger partial charge in [-0.25, -0.2) is 4.79 Å². The van der Waals surface area contributed by atoms with Crippen molar-refractivity contribution >= 4 is 27.6 Å². The van der Waals surface area contributed by atoms with Gasteiger partial charge in [-0.15, -0.1) is 0 Å². The molecule has 2 amide bonds. The molecule has 1 aromatic rings. The number of urea groups is 1. The fourth-order valence-corrected chi connectivity index (χ4v) is 3.03. The first-order valence-corrected chi connectivity index (χ1v) is 7.65. The maximum Gasteiger partial charge on any atom is 0.321 e. The SMILES string of the molecule is Cc1cc(Br)cc(NC(=O)N2CCC(C)(CO)CC2)c1. The van der Waals surface area contributed by atoms with Crippen LogP contribution in [0.4, 0.5) is 10.5 Å². The number of carbonyl (C=O) groups excluding carboxylic acids is 1. The van der Waals surface area contributed by atoms with Gasteiger partial charge in [0.25, 0.3) is 0 Å². The normalized spacial score (nSPS) is 17.9. The number of anilines is 1. The summed E-state index contributed by atoms with van der Waals surface area (Å²) in [6, 6.07) is 5.78. The molecule has 20 heavy (non-hydrogen) atoms. The van der Waals surface area contributed by atoms with Gasteiger partial charge < -0.3 is 15.3 Å². The van der Waals surface area contributed by atoms with Gasteiger partial charge in [0.1, 0.15) is 0 Å². The Morgan fingerprint density at radius 3 is 2.60 bits per heavy atom. The van der Waals surface area contributed by atoms with E-state index < -0.39 is 0 Å². The summed E-state index contributed by atoms with van der Waals surface area (Å²) < 4.78 is 0.958. The van der Waals surface area contributed by atoms with Crippen molar-refractivity contribution in [3.8, 4) is 0 Å². The molecule has 0 saturated carbocycles. The van der Waals surface area contributed by atoms with E-state index in [9.17, 15) is 9.90 Å². The highest BCUT2D eigenvalue weighted by molar-refractivity contribution is 9.10. The number of nitrogens with one attached hydrogen (secondary N) is 1. The van der Waals surface area contributed by atoms with Crippen molar-refractivity contribution in [3.05, 3.63) is 28.2 Å². The second-order valence-corrected chi connectivity index (χ2v) is 6.82. The molecule has 110 valence electrons. The van der Waals surface area contributed by atoms with Crippen LogP contribution in [0.5, 0.6) is 0 Å². The van der Waals surface area contributed by atoms with Crippen molar-refractivity contribution in [2.75, 3.05) is 25.0 Å². The number of hydrogen-bond donors (Lipinski definition) is 2. The van der Waals surface area contributed by atoms with Crippen LogP contribution in [0.25, 0.3) is 0 Å². The van der Waals surface area contributed by atoms with E-state index in [2.05, 4.69) is 28.2 Å². The quantitative estimate of drug-likeness (QED) is 0.866. The van der Waals surface area contributed by atoms with E-state index in [1.807, 2.05) is 30.0 Å².